The minimum atomic E-state index is 0.0719. The molecule has 1 N–H and O–H groups in total. The number of amides is 1. The van der Waals surface area contributed by atoms with Crippen LogP contribution in [0.1, 0.15) is 34.9 Å². The van der Waals surface area contributed by atoms with Crippen molar-refractivity contribution in [3.8, 4) is 0 Å². The van der Waals surface area contributed by atoms with Gasteiger partial charge in [0.15, 0.2) is 5.65 Å². The molecule has 0 spiro atoms. The van der Waals surface area contributed by atoms with Crippen LogP contribution in [-0.4, -0.2) is 43.5 Å². The molecule has 0 aliphatic carbocycles. The molecule has 1 amide bonds. The van der Waals surface area contributed by atoms with Crippen LogP contribution in [0.15, 0.2) is 64.9 Å². The van der Waals surface area contributed by atoms with E-state index in [1.165, 1.54) is 0 Å². The Balaban J connectivity index is 1.29. The van der Waals surface area contributed by atoms with Gasteiger partial charge >= 0.3 is 0 Å². The number of nitrogens with zero attached hydrogens (tertiary/aromatic N) is 5. The van der Waals surface area contributed by atoms with Gasteiger partial charge in [0.25, 0.3) is 0 Å². The first-order chi connectivity index (χ1) is 16.2. The predicted octanol–water partition coefficient (Wildman–Crippen LogP) is 4.98. The van der Waals surface area contributed by atoms with E-state index in [-0.39, 0.29) is 5.91 Å². The van der Waals surface area contributed by atoms with Crippen LogP contribution in [0.25, 0.3) is 11.7 Å². The van der Waals surface area contributed by atoms with E-state index in [0.717, 1.165) is 58.0 Å². The third-order valence-electron chi connectivity index (χ3n) is 5.80. The lowest BCUT2D eigenvalue weighted by Gasteiger charge is -2.31. The van der Waals surface area contributed by atoms with Gasteiger partial charge in [0.1, 0.15) is 5.82 Å². The predicted molar refractivity (Wildman–Crippen MR) is 134 cm³/mol. The van der Waals surface area contributed by atoms with Gasteiger partial charge in [-0.3, -0.25) is 9.78 Å². The first-order valence-electron chi connectivity index (χ1n) is 10.8. The molecule has 4 aromatic heterocycles. The van der Waals surface area contributed by atoms with Crippen molar-refractivity contribution in [3.63, 3.8) is 0 Å². The largest absolute Gasteiger partial charge is 0.366 e. The number of thiophene rings is 1. The Labute approximate surface area is 204 Å². The van der Waals surface area contributed by atoms with E-state index >= 15 is 0 Å². The second kappa shape index (κ2) is 9.84. The van der Waals surface area contributed by atoms with Gasteiger partial charge < -0.3 is 10.2 Å². The quantitative estimate of drug-likeness (QED) is 0.361. The summed E-state index contributed by atoms with van der Waals surface area (Å²) >= 11 is 5.20. The number of carbonyl (C=O) groups excluding carboxylic acids is 1. The summed E-state index contributed by atoms with van der Waals surface area (Å²) in [6.45, 7) is 2.10. The van der Waals surface area contributed by atoms with E-state index in [2.05, 4.69) is 37.4 Å². The molecule has 0 atom stereocenters. The topological polar surface area (TPSA) is 75.4 Å². The first kappa shape index (κ1) is 21.8. The average Bonchev–Trinajstić information content (AvgIpc) is 3.52. The highest BCUT2D eigenvalue weighted by atomic mass is 79.9. The molecule has 1 saturated heterocycles. The summed E-state index contributed by atoms with van der Waals surface area (Å²) in [5.41, 5.74) is 2.91. The number of hydrogen-bond donors (Lipinski definition) is 1. The van der Waals surface area contributed by atoms with E-state index in [0.29, 0.717) is 12.5 Å². The summed E-state index contributed by atoms with van der Waals surface area (Å²) in [6, 6.07) is 10.1. The van der Waals surface area contributed by atoms with Crippen molar-refractivity contribution in [1.29, 1.82) is 0 Å². The summed E-state index contributed by atoms with van der Waals surface area (Å²) < 4.78 is 2.68. The molecular formula is C24H23BrN6OS. The second-order valence-electron chi connectivity index (χ2n) is 7.96. The maximum atomic E-state index is 12.6. The number of hydrogen-bond acceptors (Lipinski definition) is 6. The maximum Gasteiger partial charge on any atom is 0.246 e. The number of aromatic nitrogens is 4. The monoisotopic (exact) mass is 522 g/mol. The fourth-order valence-electron chi connectivity index (χ4n) is 4.03. The number of anilines is 1. The van der Waals surface area contributed by atoms with Gasteiger partial charge in [-0.1, -0.05) is 12.1 Å². The van der Waals surface area contributed by atoms with Gasteiger partial charge in [-0.15, -0.1) is 11.3 Å². The van der Waals surface area contributed by atoms with E-state index in [1.54, 1.807) is 29.8 Å². The molecule has 0 bridgehead atoms. The number of rotatable bonds is 6. The van der Waals surface area contributed by atoms with Crippen LogP contribution in [-0.2, 0) is 11.3 Å². The van der Waals surface area contributed by atoms with Crippen molar-refractivity contribution in [1.82, 2.24) is 24.5 Å². The van der Waals surface area contributed by atoms with Crippen LogP contribution in [0, 0.1) is 0 Å². The molecule has 5 rings (SSSR count). The maximum absolute atomic E-state index is 12.6. The highest BCUT2D eigenvalue weighted by Crippen LogP contribution is 2.30. The van der Waals surface area contributed by atoms with Gasteiger partial charge in [-0.25, -0.2) is 4.98 Å². The van der Waals surface area contributed by atoms with Crippen LogP contribution in [0.5, 0.6) is 0 Å². The third kappa shape index (κ3) is 4.99. The number of piperidine rings is 1. The fraction of sp³-hybridized carbons (Fsp3) is 0.250. The standard InChI is InChI=1S/C24H23BrN6OS/c25-20-16-28-31-22(27-15-17-3-1-9-26-14-17)13-21(29-24(20)31)18-7-10-30(11-8-18)23(32)6-5-19-4-2-12-33-19/h1-6,9,12-14,16,18,27H,7-8,10-11,15H2/b6-5+. The third-order valence-corrected chi connectivity index (χ3v) is 7.20. The zero-order valence-electron chi connectivity index (χ0n) is 17.9. The smallest absolute Gasteiger partial charge is 0.246 e. The van der Waals surface area contributed by atoms with E-state index in [4.69, 9.17) is 4.98 Å². The number of halogens is 1. The van der Waals surface area contributed by atoms with Crippen LogP contribution in [0.2, 0.25) is 0 Å². The Morgan fingerprint density at radius 2 is 2.12 bits per heavy atom. The summed E-state index contributed by atoms with van der Waals surface area (Å²) in [6.07, 6.45) is 10.7. The zero-order chi connectivity index (χ0) is 22.6. The highest BCUT2D eigenvalue weighted by molar-refractivity contribution is 9.10. The van der Waals surface area contributed by atoms with Crippen molar-refractivity contribution in [2.45, 2.75) is 25.3 Å². The summed E-state index contributed by atoms with van der Waals surface area (Å²) in [5.74, 6) is 1.26. The molecule has 33 heavy (non-hydrogen) atoms. The number of pyridine rings is 1. The van der Waals surface area contributed by atoms with Crippen molar-refractivity contribution in [2.75, 3.05) is 18.4 Å². The van der Waals surface area contributed by atoms with Gasteiger partial charge in [0, 0.05) is 60.7 Å². The SMILES string of the molecule is O=C(/C=C/c1cccs1)N1CCC(c2cc(NCc3cccnc3)n3ncc(Br)c3n2)CC1. The molecule has 1 aliphatic rings. The van der Waals surface area contributed by atoms with Crippen molar-refractivity contribution >= 4 is 50.7 Å². The Morgan fingerprint density at radius 1 is 1.24 bits per heavy atom. The zero-order valence-corrected chi connectivity index (χ0v) is 20.3. The molecule has 0 radical (unpaired) electrons. The highest BCUT2D eigenvalue weighted by Gasteiger charge is 2.25. The van der Waals surface area contributed by atoms with Crippen LogP contribution < -0.4 is 5.32 Å². The Bertz CT molecular complexity index is 1260. The number of likely N-dealkylation sites (tertiary alicyclic amines) is 1. The Morgan fingerprint density at radius 3 is 2.88 bits per heavy atom. The van der Waals surface area contributed by atoms with Gasteiger partial charge in [-0.2, -0.15) is 9.61 Å². The lowest BCUT2D eigenvalue weighted by molar-refractivity contribution is -0.126. The van der Waals surface area contributed by atoms with Crippen LogP contribution in [0.4, 0.5) is 5.82 Å². The van der Waals surface area contributed by atoms with E-state index in [9.17, 15) is 4.79 Å². The second-order valence-corrected chi connectivity index (χ2v) is 9.79. The minimum Gasteiger partial charge on any atom is -0.366 e. The van der Waals surface area contributed by atoms with Gasteiger partial charge in [-0.05, 0) is 57.9 Å². The number of carbonyl (C=O) groups is 1. The summed E-state index contributed by atoms with van der Waals surface area (Å²) in [5, 5.41) is 9.96. The molecule has 4 aromatic rings. The molecular weight excluding hydrogens is 500 g/mol. The summed E-state index contributed by atoms with van der Waals surface area (Å²) in [7, 11) is 0. The van der Waals surface area contributed by atoms with Gasteiger partial charge in [0.05, 0.1) is 10.7 Å². The minimum absolute atomic E-state index is 0.0719. The molecule has 0 unspecified atom stereocenters. The molecule has 0 saturated carbocycles. The average molecular weight is 523 g/mol. The van der Waals surface area contributed by atoms with E-state index < -0.39 is 0 Å². The first-order valence-corrected chi connectivity index (χ1v) is 12.5. The fourth-order valence-corrected chi connectivity index (χ4v) is 4.99. The molecule has 0 aromatic carbocycles. The van der Waals surface area contributed by atoms with Gasteiger partial charge in [0.2, 0.25) is 5.91 Å². The lowest BCUT2D eigenvalue weighted by atomic mass is 9.93. The molecule has 168 valence electrons. The van der Waals surface area contributed by atoms with Crippen LogP contribution in [0.3, 0.4) is 0 Å². The lowest BCUT2D eigenvalue weighted by Crippen LogP contribution is -2.37. The summed E-state index contributed by atoms with van der Waals surface area (Å²) in [4.78, 5) is 24.7. The van der Waals surface area contributed by atoms with E-state index in [1.807, 2.05) is 51.3 Å². The van der Waals surface area contributed by atoms with Crippen molar-refractivity contribution in [2.24, 2.45) is 0 Å². The molecule has 5 heterocycles. The molecule has 7 nitrogen and oxygen atoms in total. The number of nitrogens with one attached hydrogen (secondary N) is 1. The van der Waals surface area contributed by atoms with Crippen molar-refractivity contribution < 1.29 is 4.79 Å². The number of fused-ring (bicyclic) bond motifs is 1. The normalized spacial score (nSPS) is 14.9. The Hall–Kier alpha value is -3.04. The molecule has 9 heteroatoms. The molecule has 1 aliphatic heterocycles. The van der Waals surface area contributed by atoms with Crippen LogP contribution >= 0.6 is 27.3 Å². The molecule has 1 fully saturated rings. The van der Waals surface area contributed by atoms with Crippen molar-refractivity contribution in [3.05, 3.63) is 81.0 Å². The Kier molecular flexibility index (Phi) is 6.50.